The molecule has 3 heteroatoms. The summed E-state index contributed by atoms with van der Waals surface area (Å²) in [5, 5.41) is 0. The average molecular weight is 114 g/mol. The van der Waals surface area contributed by atoms with Crippen LogP contribution < -0.4 is 0 Å². The van der Waals surface area contributed by atoms with Gasteiger partial charge in [-0.3, -0.25) is 0 Å². The fraction of sp³-hybridized carbons (Fsp3) is 0.400. The molecule has 0 heterocycles. The maximum Gasteiger partial charge on any atom is 0.345 e. The van der Waals surface area contributed by atoms with Gasteiger partial charge in [-0.1, -0.05) is 6.42 Å². The second kappa shape index (κ2) is 4.16. The Hall–Kier alpha value is -1.01. The van der Waals surface area contributed by atoms with Gasteiger partial charge < -0.3 is 9.47 Å². The monoisotopic (exact) mass is 114 g/mol. The molecule has 0 saturated carbocycles. The molecule has 0 atom stereocenters. The molecule has 0 N–H and O–H groups in total. The van der Waals surface area contributed by atoms with Crippen LogP contribution in [-0.2, 0) is 14.3 Å². The Morgan fingerprint density at radius 1 is 1.88 bits per heavy atom. The van der Waals surface area contributed by atoms with Gasteiger partial charge in [0.15, 0.2) is 0 Å². The van der Waals surface area contributed by atoms with E-state index in [4.69, 9.17) is 0 Å². The highest BCUT2D eigenvalue weighted by atomic mass is 16.6. The minimum Gasteiger partial charge on any atom is -0.373 e. The first-order chi connectivity index (χ1) is 3.81. The highest BCUT2D eigenvalue weighted by molar-refractivity contribution is 5.71. The molecule has 0 bridgehead atoms. The van der Waals surface area contributed by atoms with Crippen molar-refractivity contribution in [2.45, 2.75) is 0 Å². The third kappa shape index (κ3) is 3.19. The van der Waals surface area contributed by atoms with E-state index in [9.17, 15) is 4.79 Å². The third-order valence-electron chi connectivity index (χ3n) is 0.435. The van der Waals surface area contributed by atoms with E-state index in [-0.39, 0.29) is 6.61 Å². The maximum atomic E-state index is 10.2. The van der Waals surface area contributed by atoms with Gasteiger partial charge in [0.1, 0.15) is 12.7 Å². The Labute approximate surface area is 47.6 Å². The normalized spacial score (nSPS) is 7.50. The van der Waals surface area contributed by atoms with Crippen LogP contribution in [0.25, 0.3) is 0 Å². The van der Waals surface area contributed by atoms with Crippen LogP contribution in [0.1, 0.15) is 0 Å². The zero-order chi connectivity index (χ0) is 6.41. The summed E-state index contributed by atoms with van der Waals surface area (Å²) in [5.74, 6) is -0.546. The van der Waals surface area contributed by atoms with E-state index in [0.717, 1.165) is 0 Å². The first kappa shape index (κ1) is 6.99. The number of ether oxygens (including phenoxy) is 2. The van der Waals surface area contributed by atoms with Crippen LogP contribution in [0.5, 0.6) is 0 Å². The molecule has 0 saturated heterocycles. The quantitative estimate of drug-likeness (QED) is 0.367. The van der Waals surface area contributed by atoms with Gasteiger partial charge in [-0.2, -0.15) is 0 Å². The molecule has 0 amide bonds. The number of carbonyl (C=O) groups is 1. The van der Waals surface area contributed by atoms with E-state index >= 15 is 0 Å². The van der Waals surface area contributed by atoms with E-state index in [2.05, 4.69) is 15.9 Å². The number of carbonyl (C=O) groups excluding carboxylic acids is 1. The van der Waals surface area contributed by atoms with Crippen molar-refractivity contribution < 1.29 is 14.3 Å². The summed E-state index contributed by atoms with van der Waals surface area (Å²) in [7, 11) is 1.39. The van der Waals surface area contributed by atoms with Crippen LogP contribution in [-0.4, -0.2) is 19.7 Å². The Kier molecular flexibility index (Phi) is 3.63. The Morgan fingerprint density at radius 3 is 2.88 bits per heavy atom. The minimum atomic E-state index is -0.546. The molecule has 0 radical (unpaired) electrons. The molecule has 0 unspecified atom stereocenters. The Bertz CT molecular complexity index is 111. The second-order valence-corrected chi connectivity index (χ2v) is 1.02. The van der Waals surface area contributed by atoms with Crippen molar-refractivity contribution in [2.75, 3.05) is 13.7 Å². The number of esters is 1. The molecule has 0 fully saturated rings. The van der Waals surface area contributed by atoms with E-state index in [1.807, 2.05) is 0 Å². The van der Waals surface area contributed by atoms with Crippen molar-refractivity contribution in [1.29, 1.82) is 0 Å². The van der Waals surface area contributed by atoms with Crippen LogP contribution in [0.15, 0.2) is 0 Å². The fourth-order valence-electron chi connectivity index (χ4n) is 0.213. The van der Waals surface area contributed by atoms with Crippen LogP contribution >= 0.6 is 0 Å². The summed E-state index contributed by atoms with van der Waals surface area (Å²) in [6.45, 7) is -0.0931. The lowest BCUT2D eigenvalue weighted by Gasteiger charge is -1.90. The molecule has 0 rings (SSSR count). The van der Waals surface area contributed by atoms with Crippen LogP contribution in [0.4, 0.5) is 0 Å². The van der Waals surface area contributed by atoms with Gasteiger partial charge in [-0.25, -0.2) is 4.79 Å². The number of terminal acetylenes is 1. The van der Waals surface area contributed by atoms with Crippen molar-refractivity contribution in [3.05, 3.63) is 0 Å². The Balaban J connectivity index is 3.23. The summed E-state index contributed by atoms with van der Waals surface area (Å²) in [5.41, 5.74) is 0. The van der Waals surface area contributed by atoms with Crippen LogP contribution in [0.3, 0.4) is 0 Å². The summed E-state index contributed by atoms with van der Waals surface area (Å²) in [6, 6.07) is 0. The zero-order valence-electron chi connectivity index (χ0n) is 4.51. The number of methoxy groups -OCH3 is 1. The summed E-state index contributed by atoms with van der Waals surface area (Å²) in [6.07, 6.45) is 6.33. The number of hydrogen-bond donors (Lipinski definition) is 0. The lowest BCUT2D eigenvalue weighted by Crippen LogP contribution is -2.07. The van der Waals surface area contributed by atoms with Crippen molar-refractivity contribution in [1.82, 2.24) is 0 Å². The molecule has 0 aliphatic rings. The van der Waals surface area contributed by atoms with Crippen LogP contribution in [0.2, 0.25) is 0 Å². The predicted octanol–water partition coefficient (Wildman–Crippen LogP) is -0.233. The molecular weight excluding hydrogens is 108 g/mol. The molecule has 0 aliphatic carbocycles. The maximum absolute atomic E-state index is 10.2. The molecular formula is C5H6O3. The van der Waals surface area contributed by atoms with E-state index in [0.29, 0.717) is 0 Å². The van der Waals surface area contributed by atoms with Gasteiger partial charge in [0.25, 0.3) is 0 Å². The van der Waals surface area contributed by atoms with Crippen molar-refractivity contribution in [3.63, 3.8) is 0 Å². The first-order valence-corrected chi connectivity index (χ1v) is 1.95. The van der Waals surface area contributed by atoms with E-state index < -0.39 is 5.97 Å². The van der Waals surface area contributed by atoms with Gasteiger partial charge in [0.2, 0.25) is 0 Å². The molecule has 0 aromatic heterocycles. The SMILES string of the molecule is C#COC(=O)COC. The van der Waals surface area contributed by atoms with Gasteiger partial charge in [-0.15, -0.1) is 0 Å². The fourth-order valence-corrected chi connectivity index (χ4v) is 0.213. The van der Waals surface area contributed by atoms with Crippen molar-refractivity contribution in [2.24, 2.45) is 0 Å². The van der Waals surface area contributed by atoms with Gasteiger partial charge in [-0.05, 0) is 0 Å². The van der Waals surface area contributed by atoms with E-state index in [1.165, 1.54) is 7.11 Å². The minimum absolute atomic E-state index is 0.0931. The van der Waals surface area contributed by atoms with Gasteiger partial charge in [0, 0.05) is 7.11 Å². The lowest BCUT2D eigenvalue weighted by molar-refractivity contribution is -0.140. The molecule has 3 nitrogen and oxygen atoms in total. The molecule has 0 aromatic rings. The topological polar surface area (TPSA) is 35.5 Å². The third-order valence-corrected chi connectivity index (χ3v) is 0.435. The molecule has 0 aliphatic heterocycles. The van der Waals surface area contributed by atoms with Crippen LogP contribution in [0, 0.1) is 12.5 Å². The Morgan fingerprint density at radius 2 is 2.50 bits per heavy atom. The average Bonchev–Trinajstić information content (AvgIpc) is 1.68. The molecule has 0 aromatic carbocycles. The van der Waals surface area contributed by atoms with Crippen molar-refractivity contribution in [3.8, 4) is 12.5 Å². The van der Waals surface area contributed by atoms with Crippen molar-refractivity contribution >= 4 is 5.97 Å². The molecule has 8 heavy (non-hydrogen) atoms. The van der Waals surface area contributed by atoms with Gasteiger partial charge >= 0.3 is 5.97 Å². The highest BCUT2D eigenvalue weighted by Gasteiger charge is 1.95. The highest BCUT2D eigenvalue weighted by Crippen LogP contribution is 1.73. The van der Waals surface area contributed by atoms with Gasteiger partial charge in [0.05, 0.1) is 0 Å². The predicted molar refractivity (Wildman–Crippen MR) is 26.8 cm³/mol. The standard InChI is InChI=1S/C5H6O3/c1-3-8-5(6)4-7-2/h1H,4H2,2H3. The van der Waals surface area contributed by atoms with E-state index in [1.54, 1.807) is 6.11 Å². The molecule has 44 valence electrons. The molecule has 0 spiro atoms. The summed E-state index contributed by atoms with van der Waals surface area (Å²) in [4.78, 5) is 10.2. The largest absolute Gasteiger partial charge is 0.373 e. The second-order valence-electron chi connectivity index (χ2n) is 1.02. The summed E-state index contributed by atoms with van der Waals surface area (Å²) >= 11 is 0. The summed E-state index contributed by atoms with van der Waals surface area (Å²) < 4.78 is 8.43. The zero-order valence-corrected chi connectivity index (χ0v) is 4.51. The lowest BCUT2D eigenvalue weighted by atomic mass is 10.7. The number of rotatable bonds is 2. The smallest absolute Gasteiger partial charge is 0.345 e. The first-order valence-electron chi connectivity index (χ1n) is 1.95. The number of hydrogen-bond acceptors (Lipinski definition) is 3.